The maximum Gasteiger partial charge on any atom is 0.416 e. The molecule has 0 aliphatic heterocycles. The zero-order chi connectivity index (χ0) is 24.9. The van der Waals surface area contributed by atoms with Gasteiger partial charge in [-0.2, -0.15) is 18.4 Å². The molecule has 0 spiro atoms. The first-order chi connectivity index (χ1) is 16.1. The van der Waals surface area contributed by atoms with E-state index in [1.165, 1.54) is 18.2 Å². The molecule has 0 saturated carbocycles. The Hall–Kier alpha value is -3.16. The van der Waals surface area contributed by atoms with E-state index in [2.05, 4.69) is 37.2 Å². The number of rotatable bonds is 6. The molecular weight excluding hydrogens is 584 g/mol. The van der Waals surface area contributed by atoms with Gasteiger partial charge in [-0.05, 0) is 79.9 Å². The number of carbonyl (C=O) groups is 1. The van der Waals surface area contributed by atoms with Crippen molar-refractivity contribution >= 4 is 49.5 Å². The Morgan fingerprint density at radius 1 is 1.06 bits per heavy atom. The Bertz CT molecular complexity index is 1280. The maximum atomic E-state index is 13.8. The van der Waals surface area contributed by atoms with Gasteiger partial charge in [0.15, 0.2) is 0 Å². The molecule has 0 bridgehead atoms. The molecule has 0 aliphatic carbocycles. The van der Waals surface area contributed by atoms with Gasteiger partial charge in [-0.3, -0.25) is 4.79 Å². The van der Waals surface area contributed by atoms with Crippen LogP contribution in [0.4, 0.5) is 23.2 Å². The fourth-order valence-electron chi connectivity index (χ4n) is 2.85. The summed E-state index contributed by atoms with van der Waals surface area (Å²) in [6.07, 6.45) is -3.29. The lowest BCUT2D eigenvalue weighted by molar-refractivity contribution is -0.137. The van der Waals surface area contributed by atoms with Gasteiger partial charge in [0.25, 0.3) is 5.91 Å². The fourth-order valence-corrected chi connectivity index (χ4v) is 4.30. The second-order valence-electron chi connectivity index (χ2n) is 6.90. The van der Waals surface area contributed by atoms with Gasteiger partial charge in [0.05, 0.1) is 14.5 Å². The van der Waals surface area contributed by atoms with Gasteiger partial charge in [0, 0.05) is 11.3 Å². The highest BCUT2D eigenvalue weighted by atomic mass is 79.9. The standard InChI is InChI=1S/C24H14Br2F4N2O2/c25-19-9-14(10-20(26)22(19)34-13-15-4-1-2-7-21(15)27)8-16(12-31)23(33)32-18-6-3-5-17(11-18)24(28,29)30/h1-11H,13H2,(H,32,33)/b16-8+. The summed E-state index contributed by atoms with van der Waals surface area (Å²) in [6.45, 7) is -0.0259. The molecule has 1 amide bonds. The van der Waals surface area contributed by atoms with E-state index in [1.54, 1.807) is 36.4 Å². The van der Waals surface area contributed by atoms with Crippen LogP contribution in [0.25, 0.3) is 6.08 Å². The first kappa shape index (κ1) is 25.5. The van der Waals surface area contributed by atoms with Crippen LogP contribution in [0.15, 0.2) is 75.2 Å². The fraction of sp³-hybridized carbons (Fsp3) is 0.0833. The lowest BCUT2D eigenvalue weighted by Crippen LogP contribution is -2.14. The molecule has 0 radical (unpaired) electrons. The Kier molecular flexibility index (Phi) is 8.12. The van der Waals surface area contributed by atoms with E-state index in [0.717, 1.165) is 18.2 Å². The summed E-state index contributed by atoms with van der Waals surface area (Å²) in [7, 11) is 0. The van der Waals surface area contributed by atoms with E-state index in [-0.39, 0.29) is 17.9 Å². The smallest absolute Gasteiger partial charge is 0.416 e. The average molecular weight is 598 g/mol. The van der Waals surface area contributed by atoms with Gasteiger partial charge in [0.1, 0.15) is 29.8 Å². The molecule has 0 atom stereocenters. The van der Waals surface area contributed by atoms with Crippen molar-refractivity contribution in [1.82, 2.24) is 0 Å². The molecule has 3 aromatic rings. The highest BCUT2D eigenvalue weighted by Crippen LogP contribution is 2.36. The largest absolute Gasteiger partial charge is 0.486 e. The molecule has 0 unspecified atom stereocenters. The minimum Gasteiger partial charge on any atom is -0.486 e. The SMILES string of the molecule is N#C/C(=C\c1cc(Br)c(OCc2ccccc2F)c(Br)c1)C(=O)Nc1cccc(C(F)(F)F)c1. The molecule has 3 aromatic carbocycles. The van der Waals surface area contributed by atoms with Crippen molar-refractivity contribution in [3.8, 4) is 11.8 Å². The predicted octanol–water partition coefficient (Wildman–Crippen LogP) is 7.49. The van der Waals surface area contributed by atoms with Gasteiger partial charge >= 0.3 is 6.18 Å². The third-order valence-electron chi connectivity index (χ3n) is 4.47. The second-order valence-corrected chi connectivity index (χ2v) is 8.60. The number of anilines is 1. The summed E-state index contributed by atoms with van der Waals surface area (Å²) in [4.78, 5) is 12.5. The summed E-state index contributed by atoms with van der Waals surface area (Å²) in [5.74, 6) is -0.888. The third kappa shape index (κ3) is 6.46. The number of nitrogens with zero attached hydrogens (tertiary/aromatic N) is 1. The van der Waals surface area contributed by atoms with Crippen molar-refractivity contribution in [3.63, 3.8) is 0 Å². The molecule has 0 fully saturated rings. The molecule has 10 heteroatoms. The zero-order valence-corrected chi connectivity index (χ0v) is 20.3. The topological polar surface area (TPSA) is 62.1 Å². The third-order valence-corrected chi connectivity index (χ3v) is 5.65. The molecule has 0 heterocycles. The number of benzene rings is 3. The zero-order valence-electron chi connectivity index (χ0n) is 17.1. The summed E-state index contributed by atoms with van der Waals surface area (Å²) < 4.78 is 59.1. The number of amides is 1. The van der Waals surface area contributed by atoms with Gasteiger partial charge in [0.2, 0.25) is 0 Å². The van der Waals surface area contributed by atoms with Crippen LogP contribution in [0, 0.1) is 17.1 Å². The lowest BCUT2D eigenvalue weighted by Gasteiger charge is -2.12. The van der Waals surface area contributed by atoms with Crippen LogP contribution in [0.3, 0.4) is 0 Å². The van der Waals surface area contributed by atoms with Crippen LogP contribution in [0.5, 0.6) is 5.75 Å². The van der Waals surface area contributed by atoms with E-state index < -0.39 is 23.5 Å². The van der Waals surface area contributed by atoms with E-state index in [1.807, 2.05) is 0 Å². The highest BCUT2D eigenvalue weighted by molar-refractivity contribution is 9.11. The second kappa shape index (κ2) is 10.8. The molecule has 3 rings (SSSR count). The van der Waals surface area contributed by atoms with Gasteiger partial charge in [-0.15, -0.1) is 0 Å². The lowest BCUT2D eigenvalue weighted by atomic mass is 10.1. The van der Waals surface area contributed by atoms with Crippen LogP contribution in [0.2, 0.25) is 0 Å². The molecule has 1 N–H and O–H groups in total. The number of nitrogens with one attached hydrogen (secondary N) is 1. The predicted molar refractivity (Wildman–Crippen MR) is 126 cm³/mol. The molecule has 0 aliphatic rings. The Labute approximate surface area is 209 Å². The maximum absolute atomic E-state index is 13.8. The van der Waals surface area contributed by atoms with E-state index in [9.17, 15) is 27.6 Å². The minimum atomic E-state index is -4.57. The first-order valence-electron chi connectivity index (χ1n) is 9.54. The van der Waals surface area contributed by atoms with E-state index >= 15 is 0 Å². The van der Waals surface area contributed by atoms with Crippen LogP contribution in [-0.4, -0.2) is 5.91 Å². The number of nitriles is 1. The number of carbonyl (C=O) groups excluding carboxylic acids is 1. The highest BCUT2D eigenvalue weighted by Gasteiger charge is 2.30. The Balaban J connectivity index is 1.79. The Morgan fingerprint density at radius 2 is 1.74 bits per heavy atom. The van der Waals surface area contributed by atoms with Gasteiger partial charge in [-0.1, -0.05) is 24.3 Å². The van der Waals surface area contributed by atoms with Crippen molar-refractivity contribution in [2.24, 2.45) is 0 Å². The minimum absolute atomic E-state index is 0.0259. The molecule has 34 heavy (non-hydrogen) atoms. The molecule has 0 aromatic heterocycles. The van der Waals surface area contributed by atoms with Crippen molar-refractivity contribution in [2.45, 2.75) is 12.8 Å². The first-order valence-corrected chi connectivity index (χ1v) is 11.1. The summed E-state index contributed by atoms with van der Waals surface area (Å²) in [6, 6.07) is 15.2. The quantitative estimate of drug-likeness (QED) is 0.182. The number of hydrogen-bond acceptors (Lipinski definition) is 3. The molecule has 174 valence electrons. The van der Waals surface area contributed by atoms with Gasteiger partial charge in [-0.25, -0.2) is 4.39 Å². The van der Waals surface area contributed by atoms with Crippen molar-refractivity contribution < 1.29 is 27.1 Å². The average Bonchev–Trinajstić information content (AvgIpc) is 2.77. The van der Waals surface area contributed by atoms with Crippen LogP contribution < -0.4 is 10.1 Å². The summed E-state index contributed by atoms with van der Waals surface area (Å²) in [5, 5.41) is 11.7. The van der Waals surface area contributed by atoms with Crippen molar-refractivity contribution in [2.75, 3.05) is 5.32 Å². The van der Waals surface area contributed by atoms with Crippen molar-refractivity contribution in [1.29, 1.82) is 5.26 Å². The van der Waals surface area contributed by atoms with Crippen LogP contribution in [-0.2, 0) is 17.6 Å². The number of hydrogen-bond donors (Lipinski definition) is 1. The number of ether oxygens (including phenoxy) is 1. The summed E-state index contributed by atoms with van der Waals surface area (Å²) in [5.41, 5.74) is -0.542. The molecule has 4 nitrogen and oxygen atoms in total. The Morgan fingerprint density at radius 3 is 2.35 bits per heavy atom. The van der Waals surface area contributed by atoms with Crippen LogP contribution in [0.1, 0.15) is 16.7 Å². The number of halogens is 6. The van der Waals surface area contributed by atoms with Gasteiger partial charge < -0.3 is 10.1 Å². The monoisotopic (exact) mass is 596 g/mol. The van der Waals surface area contributed by atoms with E-state index in [0.29, 0.717) is 25.8 Å². The summed E-state index contributed by atoms with van der Waals surface area (Å²) >= 11 is 6.70. The normalized spacial score (nSPS) is 11.6. The molecular formula is C24H14Br2F4N2O2. The molecule has 0 saturated heterocycles. The van der Waals surface area contributed by atoms with E-state index in [4.69, 9.17) is 4.74 Å². The number of alkyl halides is 3. The van der Waals surface area contributed by atoms with Crippen molar-refractivity contribution in [3.05, 3.63) is 97.7 Å². The van der Waals surface area contributed by atoms with Crippen LogP contribution >= 0.6 is 31.9 Å².